The lowest BCUT2D eigenvalue weighted by Crippen LogP contribution is -2.13. The predicted molar refractivity (Wildman–Crippen MR) is 67.0 cm³/mol. The first-order valence-electron chi connectivity index (χ1n) is 5.28. The lowest BCUT2D eigenvalue weighted by Gasteiger charge is -2.05. The van der Waals surface area contributed by atoms with Crippen LogP contribution >= 0.6 is 0 Å². The van der Waals surface area contributed by atoms with Gasteiger partial charge in [0.05, 0.1) is 4.92 Å². The summed E-state index contributed by atoms with van der Waals surface area (Å²) in [5.41, 5.74) is -0.0266. The fraction of sp³-hybridized carbons (Fsp3) is 0. The van der Waals surface area contributed by atoms with Crippen molar-refractivity contribution < 1.29 is 14.8 Å². The molecule has 2 aromatic rings. The number of nitrogens with one attached hydrogen (secondary N) is 1. The molecule has 0 spiro atoms. The summed E-state index contributed by atoms with van der Waals surface area (Å²) in [7, 11) is 0. The molecular weight excluding hydrogens is 250 g/mol. The van der Waals surface area contributed by atoms with Crippen molar-refractivity contribution in [2.75, 3.05) is 5.32 Å². The third kappa shape index (κ3) is 2.83. The Morgan fingerprint density at radius 1 is 1.32 bits per heavy atom. The van der Waals surface area contributed by atoms with Crippen molar-refractivity contribution >= 4 is 17.3 Å². The summed E-state index contributed by atoms with van der Waals surface area (Å²) in [6.45, 7) is 0. The minimum atomic E-state index is -0.640. The van der Waals surface area contributed by atoms with E-state index >= 15 is 0 Å². The number of carbonyl (C=O) groups excluding carboxylic acids is 1. The van der Waals surface area contributed by atoms with Crippen LogP contribution in [0.1, 0.15) is 10.5 Å². The van der Waals surface area contributed by atoms with Gasteiger partial charge in [0.25, 0.3) is 11.6 Å². The Morgan fingerprint density at radius 2 is 2.11 bits per heavy atom. The van der Waals surface area contributed by atoms with Crippen molar-refractivity contribution in [3.05, 3.63) is 58.4 Å². The van der Waals surface area contributed by atoms with Crippen LogP contribution in [-0.2, 0) is 0 Å². The summed E-state index contributed by atoms with van der Waals surface area (Å²) in [5.74, 6) is -0.899. The minimum absolute atomic E-state index is 0.136. The van der Waals surface area contributed by atoms with Crippen molar-refractivity contribution in [1.29, 1.82) is 0 Å². The molecule has 0 aliphatic rings. The van der Waals surface area contributed by atoms with E-state index in [0.717, 1.165) is 0 Å². The van der Waals surface area contributed by atoms with E-state index in [4.69, 9.17) is 0 Å². The van der Waals surface area contributed by atoms with Crippen LogP contribution in [0, 0.1) is 10.1 Å². The zero-order chi connectivity index (χ0) is 13.8. The Balaban J connectivity index is 2.22. The monoisotopic (exact) mass is 259 g/mol. The maximum atomic E-state index is 11.8. The minimum Gasteiger partial charge on any atom is -0.505 e. The molecule has 0 unspecified atom stereocenters. The Hall–Kier alpha value is -2.96. The molecule has 96 valence electrons. The normalized spacial score (nSPS) is 9.89. The molecular formula is C12H9N3O4. The molecule has 1 amide bonds. The molecule has 0 saturated carbocycles. The molecule has 7 nitrogen and oxygen atoms in total. The molecule has 0 atom stereocenters. The van der Waals surface area contributed by atoms with Crippen LogP contribution in [0.25, 0.3) is 0 Å². The first-order valence-corrected chi connectivity index (χ1v) is 5.28. The number of amides is 1. The van der Waals surface area contributed by atoms with E-state index in [1.807, 2.05) is 0 Å². The molecule has 2 N–H and O–H groups in total. The number of anilines is 1. The number of nitro benzene ring substituents is 1. The van der Waals surface area contributed by atoms with Gasteiger partial charge in [0.2, 0.25) is 0 Å². The number of aromatic nitrogens is 1. The van der Waals surface area contributed by atoms with Gasteiger partial charge in [-0.05, 0) is 18.2 Å². The molecule has 0 radical (unpaired) electrons. The van der Waals surface area contributed by atoms with Gasteiger partial charge < -0.3 is 10.4 Å². The summed E-state index contributed by atoms with van der Waals surface area (Å²) < 4.78 is 0. The predicted octanol–water partition coefficient (Wildman–Crippen LogP) is 1.95. The number of hydrogen-bond donors (Lipinski definition) is 2. The highest BCUT2D eigenvalue weighted by Crippen LogP contribution is 2.19. The first kappa shape index (κ1) is 12.5. The van der Waals surface area contributed by atoms with Crippen LogP contribution in [0.4, 0.5) is 11.4 Å². The highest BCUT2D eigenvalue weighted by Gasteiger charge is 2.13. The second-order valence-corrected chi connectivity index (χ2v) is 3.63. The van der Waals surface area contributed by atoms with Crippen LogP contribution < -0.4 is 5.32 Å². The van der Waals surface area contributed by atoms with Crippen LogP contribution in [0.2, 0.25) is 0 Å². The summed E-state index contributed by atoms with van der Waals surface area (Å²) in [6.07, 6.45) is 1.36. The van der Waals surface area contributed by atoms with Crippen LogP contribution in [0.3, 0.4) is 0 Å². The van der Waals surface area contributed by atoms with Crippen molar-refractivity contribution in [3.8, 4) is 5.75 Å². The molecule has 0 aliphatic heterocycles. The second-order valence-electron chi connectivity index (χ2n) is 3.63. The first-order chi connectivity index (χ1) is 9.08. The van der Waals surface area contributed by atoms with Crippen molar-refractivity contribution in [3.63, 3.8) is 0 Å². The molecule has 0 bridgehead atoms. The van der Waals surface area contributed by atoms with Gasteiger partial charge >= 0.3 is 0 Å². The number of pyridine rings is 1. The van der Waals surface area contributed by atoms with Crippen LogP contribution in [-0.4, -0.2) is 20.9 Å². The van der Waals surface area contributed by atoms with Gasteiger partial charge in [-0.15, -0.1) is 0 Å². The summed E-state index contributed by atoms with van der Waals surface area (Å²) in [5, 5.41) is 22.5. The number of nitro groups is 1. The quantitative estimate of drug-likeness (QED) is 0.647. The zero-order valence-corrected chi connectivity index (χ0v) is 9.61. The van der Waals surface area contributed by atoms with Gasteiger partial charge in [0.15, 0.2) is 5.69 Å². The number of benzene rings is 1. The van der Waals surface area contributed by atoms with E-state index < -0.39 is 10.8 Å². The van der Waals surface area contributed by atoms with E-state index in [1.54, 1.807) is 0 Å². The van der Waals surface area contributed by atoms with Crippen molar-refractivity contribution in [1.82, 2.24) is 4.98 Å². The average Bonchev–Trinajstić information content (AvgIpc) is 2.39. The fourth-order valence-electron chi connectivity index (χ4n) is 1.46. The Morgan fingerprint density at radius 3 is 2.79 bits per heavy atom. The third-order valence-electron chi connectivity index (χ3n) is 2.32. The standard InChI is InChI=1S/C12H9N3O4/c16-10-5-2-6-13-11(10)12(17)14-8-3-1-4-9(7-8)15(18)19/h1-7,16H,(H,14,17). The van der Waals surface area contributed by atoms with Gasteiger partial charge in [0.1, 0.15) is 5.75 Å². The molecule has 7 heteroatoms. The smallest absolute Gasteiger partial charge is 0.278 e. The maximum Gasteiger partial charge on any atom is 0.278 e. The SMILES string of the molecule is O=C(Nc1cccc([N+](=O)[O-])c1)c1ncccc1O. The van der Waals surface area contributed by atoms with E-state index in [2.05, 4.69) is 10.3 Å². The van der Waals surface area contributed by atoms with E-state index in [0.29, 0.717) is 0 Å². The molecule has 19 heavy (non-hydrogen) atoms. The number of carbonyl (C=O) groups is 1. The largest absolute Gasteiger partial charge is 0.505 e. The molecule has 0 fully saturated rings. The van der Waals surface area contributed by atoms with Crippen molar-refractivity contribution in [2.45, 2.75) is 0 Å². The van der Waals surface area contributed by atoms with E-state index in [-0.39, 0.29) is 22.8 Å². The van der Waals surface area contributed by atoms with Crippen molar-refractivity contribution in [2.24, 2.45) is 0 Å². The summed E-state index contributed by atoms with van der Waals surface area (Å²) in [6, 6.07) is 8.30. The molecule has 0 aliphatic carbocycles. The van der Waals surface area contributed by atoms with Crippen LogP contribution in [0.5, 0.6) is 5.75 Å². The Labute approximate surface area is 107 Å². The van der Waals surface area contributed by atoms with E-state index in [1.165, 1.54) is 42.6 Å². The molecule has 1 aromatic carbocycles. The lowest BCUT2D eigenvalue weighted by molar-refractivity contribution is -0.384. The van der Waals surface area contributed by atoms with Gasteiger partial charge in [0, 0.05) is 24.0 Å². The van der Waals surface area contributed by atoms with Gasteiger partial charge in [-0.25, -0.2) is 4.98 Å². The van der Waals surface area contributed by atoms with Gasteiger partial charge in [-0.1, -0.05) is 6.07 Å². The highest BCUT2D eigenvalue weighted by atomic mass is 16.6. The molecule has 2 rings (SSSR count). The Kier molecular flexibility index (Phi) is 3.37. The molecule has 1 aromatic heterocycles. The maximum absolute atomic E-state index is 11.8. The third-order valence-corrected chi connectivity index (χ3v) is 2.32. The van der Waals surface area contributed by atoms with E-state index in [9.17, 15) is 20.0 Å². The fourth-order valence-corrected chi connectivity index (χ4v) is 1.46. The lowest BCUT2D eigenvalue weighted by atomic mass is 10.2. The molecule has 0 saturated heterocycles. The van der Waals surface area contributed by atoms with Gasteiger partial charge in [-0.2, -0.15) is 0 Å². The topological polar surface area (TPSA) is 105 Å². The summed E-state index contributed by atoms with van der Waals surface area (Å²) >= 11 is 0. The molecule has 1 heterocycles. The highest BCUT2D eigenvalue weighted by molar-refractivity contribution is 6.04. The Bertz CT molecular complexity index is 642. The number of nitrogens with zero attached hydrogens (tertiary/aromatic N) is 2. The number of rotatable bonds is 3. The second kappa shape index (κ2) is 5.13. The number of hydrogen-bond acceptors (Lipinski definition) is 5. The summed E-state index contributed by atoms with van der Waals surface area (Å²) in [4.78, 5) is 25.6. The number of aromatic hydroxyl groups is 1. The van der Waals surface area contributed by atoms with Crippen LogP contribution in [0.15, 0.2) is 42.6 Å². The average molecular weight is 259 g/mol. The van der Waals surface area contributed by atoms with Gasteiger partial charge in [-0.3, -0.25) is 14.9 Å². The number of non-ortho nitro benzene ring substituents is 1. The zero-order valence-electron chi connectivity index (χ0n) is 9.61.